The van der Waals surface area contributed by atoms with Gasteiger partial charge in [-0.2, -0.15) is 0 Å². The molecule has 0 radical (unpaired) electrons. The van der Waals surface area contributed by atoms with Gasteiger partial charge in [0, 0.05) is 11.8 Å². The molecule has 0 N–H and O–H groups in total. The third kappa shape index (κ3) is 2.94. The highest BCUT2D eigenvalue weighted by molar-refractivity contribution is 6.32. The quantitative estimate of drug-likeness (QED) is 0.833. The lowest BCUT2D eigenvalue weighted by Crippen LogP contribution is -2.05. The molecule has 0 aliphatic carbocycles. The van der Waals surface area contributed by atoms with Gasteiger partial charge >= 0.3 is 0 Å². The Balaban J connectivity index is 2.27. The van der Waals surface area contributed by atoms with Crippen LogP contribution in [-0.4, -0.2) is 16.1 Å². The van der Waals surface area contributed by atoms with E-state index in [1.807, 2.05) is 38.1 Å². The second kappa shape index (κ2) is 5.15. The zero-order valence-corrected chi connectivity index (χ0v) is 10.5. The maximum absolute atomic E-state index is 6.03. The van der Waals surface area contributed by atoms with Gasteiger partial charge in [0.05, 0.1) is 16.8 Å². The number of hydrogen-bond donors (Lipinski definition) is 0. The Morgan fingerprint density at radius 1 is 1.18 bits per heavy atom. The SMILES string of the molecule is CC(C)Oc1ccc(-c2ncncc2Cl)cc1. The molecular formula is C13H13ClN2O. The molecule has 0 aliphatic rings. The van der Waals surface area contributed by atoms with Crippen LogP contribution in [0.2, 0.25) is 5.02 Å². The average Bonchev–Trinajstić information content (AvgIpc) is 2.30. The molecule has 0 saturated carbocycles. The summed E-state index contributed by atoms with van der Waals surface area (Å²) < 4.78 is 5.57. The van der Waals surface area contributed by atoms with E-state index in [4.69, 9.17) is 16.3 Å². The van der Waals surface area contributed by atoms with Crippen LogP contribution >= 0.6 is 11.6 Å². The van der Waals surface area contributed by atoms with Crippen molar-refractivity contribution >= 4 is 11.6 Å². The van der Waals surface area contributed by atoms with Gasteiger partial charge in [0.25, 0.3) is 0 Å². The van der Waals surface area contributed by atoms with E-state index in [-0.39, 0.29) is 6.10 Å². The normalized spacial score (nSPS) is 10.6. The van der Waals surface area contributed by atoms with Gasteiger partial charge in [0.2, 0.25) is 0 Å². The highest BCUT2D eigenvalue weighted by Crippen LogP contribution is 2.26. The molecule has 17 heavy (non-hydrogen) atoms. The molecule has 0 unspecified atom stereocenters. The van der Waals surface area contributed by atoms with Crippen molar-refractivity contribution in [3.8, 4) is 17.0 Å². The largest absolute Gasteiger partial charge is 0.491 e. The van der Waals surface area contributed by atoms with Crippen LogP contribution in [0.3, 0.4) is 0 Å². The minimum absolute atomic E-state index is 0.170. The molecule has 1 heterocycles. The van der Waals surface area contributed by atoms with Crippen LogP contribution in [0.1, 0.15) is 13.8 Å². The summed E-state index contributed by atoms with van der Waals surface area (Å²) in [4.78, 5) is 8.01. The van der Waals surface area contributed by atoms with Gasteiger partial charge in [0.1, 0.15) is 12.1 Å². The first-order valence-electron chi connectivity index (χ1n) is 5.39. The molecule has 0 aliphatic heterocycles. The third-order valence-corrected chi connectivity index (χ3v) is 2.44. The second-order valence-electron chi connectivity index (χ2n) is 3.91. The standard InChI is InChI=1S/C13H13ClN2O/c1-9(2)17-11-5-3-10(4-6-11)13-12(14)7-15-8-16-13/h3-9H,1-2H3. The number of rotatable bonds is 3. The van der Waals surface area contributed by atoms with E-state index in [1.165, 1.54) is 6.33 Å². The smallest absolute Gasteiger partial charge is 0.119 e. The summed E-state index contributed by atoms with van der Waals surface area (Å²) in [5.74, 6) is 0.842. The van der Waals surface area contributed by atoms with E-state index in [0.29, 0.717) is 5.02 Å². The minimum Gasteiger partial charge on any atom is -0.491 e. The summed E-state index contributed by atoms with van der Waals surface area (Å²) in [5.41, 5.74) is 1.69. The molecule has 0 bridgehead atoms. The predicted octanol–water partition coefficient (Wildman–Crippen LogP) is 3.58. The molecule has 0 spiro atoms. The van der Waals surface area contributed by atoms with Crippen molar-refractivity contribution in [2.24, 2.45) is 0 Å². The van der Waals surface area contributed by atoms with Gasteiger partial charge in [-0.25, -0.2) is 9.97 Å². The summed E-state index contributed by atoms with van der Waals surface area (Å²) in [6.07, 6.45) is 3.24. The fraction of sp³-hybridized carbons (Fsp3) is 0.231. The van der Waals surface area contributed by atoms with Crippen LogP contribution < -0.4 is 4.74 Å². The highest BCUT2D eigenvalue weighted by atomic mass is 35.5. The lowest BCUT2D eigenvalue weighted by Gasteiger charge is -2.10. The van der Waals surface area contributed by atoms with E-state index in [2.05, 4.69) is 9.97 Å². The fourth-order valence-electron chi connectivity index (χ4n) is 1.49. The first kappa shape index (κ1) is 11.9. The Hall–Kier alpha value is -1.61. The number of benzene rings is 1. The Morgan fingerprint density at radius 2 is 1.88 bits per heavy atom. The molecule has 2 rings (SSSR count). The van der Waals surface area contributed by atoms with E-state index >= 15 is 0 Å². The topological polar surface area (TPSA) is 35.0 Å². The first-order chi connectivity index (χ1) is 8.16. The van der Waals surface area contributed by atoms with Crippen molar-refractivity contribution in [3.63, 3.8) is 0 Å². The lowest BCUT2D eigenvalue weighted by atomic mass is 10.1. The van der Waals surface area contributed by atoms with Crippen LogP contribution in [0, 0.1) is 0 Å². The van der Waals surface area contributed by atoms with Gasteiger partial charge in [-0.1, -0.05) is 11.6 Å². The Kier molecular flexibility index (Phi) is 3.59. The Morgan fingerprint density at radius 3 is 2.47 bits per heavy atom. The van der Waals surface area contributed by atoms with Crippen LogP contribution in [0.15, 0.2) is 36.8 Å². The van der Waals surface area contributed by atoms with Crippen molar-refractivity contribution in [1.29, 1.82) is 0 Å². The van der Waals surface area contributed by atoms with Crippen LogP contribution in [-0.2, 0) is 0 Å². The molecule has 0 fully saturated rings. The van der Waals surface area contributed by atoms with Gasteiger partial charge < -0.3 is 4.74 Å². The fourth-order valence-corrected chi connectivity index (χ4v) is 1.70. The molecular weight excluding hydrogens is 236 g/mol. The van der Waals surface area contributed by atoms with Gasteiger partial charge in [-0.05, 0) is 38.1 Å². The van der Waals surface area contributed by atoms with Crippen molar-refractivity contribution in [2.45, 2.75) is 20.0 Å². The average molecular weight is 249 g/mol. The minimum atomic E-state index is 0.170. The van der Waals surface area contributed by atoms with E-state index < -0.39 is 0 Å². The third-order valence-electron chi connectivity index (χ3n) is 2.17. The number of halogens is 1. The molecule has 3 nitrogen and oxygen atoms in total. The zero-order chi connectivity index (χ0) is 12.3. The summed E-state index contributed by atoms with van der Waals surface area (Å²) in [6.45, 7) is 3.99. The predicted molar refractivity (Wildman–Crippen MR) is 68.2 cm³/mol. The van der Waals surface area contributed by atoms with Crippen molar-refractivity contribution in [1.82, 2.24) is 9.97 Å². The summed E-state index contributed by atoms with van der Waals surface area (Å²) in [7, 11) is 0. The number of aromatic nitrogens is 2. The molecule has 1 aromatic carbocycles. The Bertz CT molecular complexity index is 497. The van der Waals surface area contributed by atoms with Crippen LogP contribution in [0.25, 0.3) is 11.3 Å². The van der Waals surface area contributed by atoms with Crippen molar-refractivity contribution < 1.29 is 4.74 Å². The molecule has 88 valence electrons. The molecule has 1 aromatic heterocycles. The summed E-state index contributed by atoms with van der Waals surface area (Å²) >= 11 is 6.03. The van der Waals surface area contributed by atoms with Crippen LogP contribution in [0.5, 0.6) is 5.75 Å². The molecule has 0 atom stereocenters. The maximum atomic E-state index is 6.03. The summed E-state index contributed by atoms with van der Waals surface area (Å²) in [5, 5.41) is 0.546. The van der Waals surface area contributed by atoms with E-state index in [1.54, 1.807) is 6.20 Å². The molecule has 2 aromatic rings. The van der Waals surface area contributed by atoms with Crippen molar-refractivity contribution in [2.75, 3.05) is 0 Å². The second-order valence-corrected chi connectivity index (χ2v) is 4.32. The molecule has 0 amide bonds. The molecule has 4 heteroatoms. The van der Waals surface area contributed by atoms with Crippen molar-refractivity contribution in [3.05, 3.63) is 41.8 Å². The lowest BCUT2D eigenvalue weighted by molar-refractivity contribution is 0.242. The maximum Gasteiger partial charge on any atom is 0.119 e. The Labute approximate surface area is 105 Å². The van der Waals surface area contributed by atoms with E-state index in [0.717, 1.165) is 17.0 Å². The highest BCUT2D eigenvalue weighted by Gasteiger charge is 2.05. The zero-order valence-electron chi connectivity index (χ0n) is 9.72. The monoisotopic (exact) mass is 248 g/mol. The first-order valence-corrected chi connectivity index (χ1v) is 5.77. The van der Waals surface area contributed by atoms with Gasteiger partial charge in [-0.15, -0.1) is 0 Å². The number of nitrogens with zero attached hydrogens (tertiary/aromatic N) is 2. The number of hydrogen-bond acceptors (Lipinski definition) is 3. The number of ether oxygens (including phenoxy) is 1. The summed E-state index contributed by atoms with van der Waals surface area (Å²) in [6, 6.07) is 7.69. The van der Waals surface area contributed by atoms with Gasteiger partial charge in [0.15, 0.2) is 0 Å². The van der Waals surface area contributed by atoms with Crippen LogP contribution in [0.4, 0.5) is 0 Å². The molecule has 0 saturated heterocycles. The van der Waals surface area contributed by atoms with Gasteiger partial charge in [-0.3, -0.25) is 0 Å². The van der Waals surface area contributed by atoms with E-state index in [9.17, 15) is 0 Å².